The minimum atomic E-state index is -3.44. The van der Waals surface area contributed by atoms with E-state index in [1.807, 2.05) is 125 Å². The SMILES string of the molecule is Cc1ccc(OP(N[P+](N=[P+](N)N)(Oc2ccc(C)cc2)Oc2ccc(C)cc2)Oc2ccc(C)cc2)cc1. The van der Waals surface area contributed by atoms with Gasteiger partial charge in [-0.15, -0.1) is 11.0 Å². The molecule has 0 spiro atoms. The first-order valence-corrected chi connectivity index (χ1v) is 16.4. The molecule has 0 bridgehead atoms. The lowest BCUT2D eigenvalue weighted by molar-refractivity contribution is 0.441. The maximum Gasteiger partial charge on any atom is 0.623 e. The van der Waals surface area contributed by atoms with Crippen LogP contribution in [-0.4, -0.2) is 0 Å². The zero-order chi connectivity index (χ0) is 27.8. The Labute approximate surface area is 232 Å². The number of hydrogen-bond acceptors (Lipinski definition) is 6. The van der Waals surface area contributed by atoms with Gasteiger partial charge in [-0.1, -0.05) is 70.8 Å². The first-order valence-electron chi connectivity index (χ1n) is 12.2. The van der Waals surface area contributed by atoms with Crippen LogP contribution in [0.5, 0.6) is 23.0 Å². The second-order valence-corrected chi connectivity index (χ2v) is 13.5. The molecule has 4 aromatic carbocycles. The van der Waals surface area contributed by atoms with Gasteiger partial charge in [0.15, 0.2) is 16.0 Å². The molecule has 0 radical (unpaired) electrons. The van der Waals surface area contributed by atoms with Crippen LogP contribution < -0.4 is 34.0 Å². The van der Waals surface area contributed by atoms with Gasteiger partial charge in [-0.2, -0.15) is 0 Å². The molecule has 0 heterocycles. The van der Waals surface area contributed by atoms with Gasteiger partial charge >= 0.3 is 24.6 Å². The van der Waals surface area contributed by atoms with Gasteiger partial charge < -0.3 is 9.05 Å². The number of nitrogens with zero attached hydrogens (tertiary/aromatic N) is 1. The minimum Gasteiger partial charge on any atom is -0.425 e. The molecule has 4 rings (SSSR count). The van der Waals surface area contributed by atoms with Crippen LogP contribution in [0.4, 0.5) is 0 Å². The maximum absolute atomic E-state index is 6.47. The molecule has 0 aliphatic heterocycles. The molecule has 0 saturated heterocycles. The lowest BCUT2D eigenvalue weighted by atomic mass is 10.2. The molecule has 0 aromatic heterocycles. The van der Waals surface area contributed by atoms with Gasteiger partial charge in [0.1, 0.15) is 11.5 Å². The molecule has 4 aromatic rings. The van der Waals surface area contributed by atoms with Gasteiger partial charge in [0.05, 0.1) is 0 Å². The lowest BCUT2D eigenvalue weighted by Crippen LogP contribution is -2.23. The Morgan fingerprint density at radius 2 is 0.872 bits per heavy atom. The van der Waals surface area contributed by atoms with Crippen molar-refractivity contribution < 1.29 is 18.1 Å². The standard InChI is InChI=1S/C28H33N4O4P3/c1-21-5-13-25(14-6-21)33-38(34-26-15-7-22(2)8-16-26)32-39(31-37(29)30,35-27-17-9-23(3)10-18-27)36-28-19-11-24(4)12-20-28/h5-20,32H,1-4H3,(H4,29,30,31)/q+2. The van der Waals surface area contributed by atoms with Crippen LogP contribution in [0.25, 0.3) is 0 Å². The van der Waals surface area contributed by atoms with E-state index in [0.29, 0.717) is 23.0 Å². The van der Waals surface area contributed by atoms with Crippen molar-refractivity contribution in [1.29, 1.82) is 0 Å². The summed E-state index contributed by atoms with van der Waals surface area (Å²) in [6.45, 7) is 8.03. The summed E-state index contributed by atoms with van der Waals surface area (Å²) < 4.78 is 30.2. The number of rotatable bonds is 11. The Kier molecular flexibility index (Phi) is 9.88. The molecule has 0 unspecified atom stereocenters. The summed E-state index contributed by atoms with van der Waals surface area (Å²) in [6.07, 6.45) is 0. The van der Waals surface area contributed by atoms with E-state index in [1.54, 1.807) is 0 Å². The van der Waals surface area contributed by atoms with Crippen LogP contribution in [-0.2, 0) is 0 Å². The molecule has 202 valence electrons. The van der Waals surface area contributed by atoms with Crippen molar-refractivity contribution in [1.82, 2.24) is 4.86 Å². The molecule has 0 amide bonds. The van der Waals surface area contributed by atoms with Crippen LogP contribution in [0, 0.1) is 27.7 Å². The Morgan fingerprint density at radius 3 is 1.18 bits per heavy atom. The van der Waals surface area contributed by atoms with Gasteiger partial charge in [0.25, 0.3) is 0 Å². The summed E-state index contributed by atoms with van der Waals surface area (Å²) in [7, 11) is -7.13. The lowest BCUT2D eigenvalue weighted by Gasteiger charge is -2.22. The molecule has 0 aliphatic carbocycles. The van der Waals surface area contributed by atoms with Crippen LogP contribution >= 0.6 is 24.6 Å². The molecule has 8 nitrogen and oxygen atoms in total. The van der Waals surface area contributed by atoms with Crippen molar-refractivity contribution in [2.75, 3.05) is 0 Å². The fraction of sp³-hybridized carbons (Fsp3) is 0.143. The van der Waals surface area contributed by atoms with Crippen LogP contribution in [0.2, 0.25) is 0 Å². The summed E-state index contributed by atoms with van der Waals surface area (Å²) in [5.41, 5.74) is 16.5. The molecule has 39 heavy (non-hydrogen) atoms. The van der Waals surface area contributed by atoms with Gasteiger partial charge in [0.2, 0.25) is 0 Å². The van der Waals surface area contributed by atoms with Gasteiger partial charge in [-0.25, -0.2) is 0 Å². The number of nitrogens with two attached hydrogens (primary N) is 2. The summed E-state index contributed by atoms with van der Waals surface area (Å²) in [6, 6.07) is 30.5. The van der Waals surface area contributed by atoms with Crippen molar-refractivity contribution in [3.8, 4) is 23.0 Å². The monoisotopic (exact) mass is 582 g/mol. The molecular weight excluding hydrogens is 549 g/mol. The third-order valence-corrected chi connectivity index (χ3v) is 10.5. The largest absolute Gasteiger partial charge is 0.623 e. The number of nitrogens with one attached hydrogen (secondary N) is 1. The average Bonchev–Trinajstić information content (AvgIpc) is 2.89. The number of hydrogen-bond donors (Lipinski definition) is 3. The highest BCUT2D eigenvalue weighted by atomic mass is 31.3. The van der Waals surface area contributed by atoms with Crippen molar-refractivity contribution >= 4 is 24.6 Å². The fourth-order valence-electron chi connectivity index (χ4n) is 3.29. The molecular formula is C28H33N4O4P3+2. The van der Waals surface area contributed by atoms with E-state index in [-0.39, 0.29) is 0 Å². The van der Waals surface area contributed by atoms with Gasteiger partial charge in [0, 0.05) is 0 Å². The third-order valence-electron chi connectivity index (χ3n) is 5.35. The second kappa shape index (κ2) is 13.3. The van der Waals surface area contributed by atoms with E-state index in [4.69, 9.17) is 29.1 Å². The van der Waals surface area contributed by atoms with Gasteiger partial charge in [-0.3, -0.25) is 9.05 Å². The Bertz CT molecular complexity index is 1290. The first-order chi connectivity index (χ1) is 18.7. The summed E-state index contributed by atoms with van der Waals surface area (Å²) >= 11 is 0. The minimum absolute atomic E-state index is 0.537. The molecule has 0 atom stereocenters. The summed E-state index contributed by atoms with van der Waals surface area (Å²) in [5, 5.41) is 0. The highest BCUT2D eigenvalue weighted by Crippen LogP contribution is 2.65. The highest BCUT2D eigenvalue weighted by Gasteiger charge is 2.57. The van der Waals surface area contributed by atoms with E-state index in [1.165, 1.54) is 0 Å². The first kappa shape index (κ1) is 28.9. The predicted molar refractivity (Wildman–Crippen MR) is 162 cm³/mol. The summed E-state index contributed by atoms with van der Waals surface area (Å²) in [5.74, 6) is 2.29. The second-order valence-electron chi connectivity index (χ2n) is 8.96. The summed E-state index contributed by atoms with van der Waals surface area (Å²) in [4.78, 5) is 3.33. The zero-order valence-electron chi connectivity index (χ0n) is 22.3. The quantitative estimate of drug-likeness (QED) is 0.152. The van der Waals surface area contributed by atoms with Crippen molar-refractivity contribution in [3.63, 3.8) is 0 Å². The van der Waals surface area contributed by atoms with Crippen molar-refractivity contribution in [2.45, 2.75) is 27.7 Å². The zero-order valence-corrected chi connectivity index (χ0v) is 25.0. The number of aryl methyl sites for hydroxylation is 4. The number of benzene rings is 4. The highest BCUT2D eigenvalue weighted by molar-refractivity contribution is 7.75. The Morgan fingerprint density at radius 1 is 0.564 bits per heavy atom. The van der Waals surface area contributed by atoms with Crippen LogP contribution in [0.3, 0.4) is 0 Å². The third kappa shape index (κ3) is 8.98. The van der Waals surface area contributed by atoms with E-state index >= 15 is 0 Å². The molecule has 11 heteroatoms. The topological polar surface area (TPSA) is 113 Å². The van der Waals surface area contributed by atoms with Gasteiger partial charge in [-0.05, 0) is 81.1 Å². The average molecular weight is 583 g/mol. The van der Waals surface area contributed by atoms with Crippen LogP contribution in [0.15, 0.2) is 102 Å². The van der Waals surface area contributed by atoms with E-state index in [0.717, 1.165) is 22.3 Å². The smallest absolute Gasteiger partial charge is 0.425 e. The molecule has 0 aliphatic rings. The van der Waals surface area contributed by atoms with E-state index in [2.05, 4.69) is 9.37 Å². The fourth-order valence-corrected chi connectivity index (χ4v) is 8.18. The van der Waals surface area contributed by atoms with E-state index in [9.17, 15) is 0 Å². The van der Waals surface area contributed by atoms with E-state index < -0.39 is 24.6 Å². The predicted octanol–water partition coefficient (Wildman–Crippen LogP) is 8.44. The molecule has 5 N–H and O–H groups in total. The molecule has 0 saturated carbocycles. The maximum atomic E-state index is 6.47. The van der Waals surface area contributed by atoms with Crippen molar-refractivity contribution in [3.05, 3.63) is 119 Å². The van der Waals surface area contributed by atoms with Crippen LogP contribution in [0.1, 0.15) is 22.3 Å². The Balaban J connectivity index is 1.75. The normalized spacial score (nSPS) is 11.2. The molecule has 0 fully saturated rings. The Hall–Kier alpha value is -3.08. The van der Waals surface area contributed by atoms with Crippen molar-refractivity contribution in [2.24, 2.45) is 15.5 Å².